The fourth-order valence-corrected chi connectivity index (χ4v) is 6.40. The van der Waals surface area contributed by atoms with E-state index in [1.807, 2.05) is 20.8 Å². The van der Waals surface area contributed by atoms with E-state index in [2.05, 4.69) is 65.4 Å². The summed E-state index contributed by atoms with van der Waals surface area (Å²) in [5.41, 5.74) is 8.60. The molecule has 0 atom stereocenters. The molecular weight excluding hydrogens is 596 g/mol. The number of hydrogen-bond donors (Lipinski definition) is 1. The monoisotopic (exact) mass is 646 g/mol. The molecular formula is C37H51ClN6O2. The van der Waals surface area contributed by atoms with E-state index in [1.165, 1.54) is 48.1 Å². The largest absolute Gasteiger partial charge is 0.444 e. The average molecular weight is 647 g/mol. The van der Waals surface area contributed by atoms with Gasteiger partial charge in [0.1, 0.15) is 17.7 Å². The molecule has 9 heteroatoms. The Morgan fingerprint density at radius 2 is 1.22 bits per heavy atom. The van der Waals surface area contributed by atoms with Crippen LogP contribution in [0.5, 0.6) is 0 Å². The summed E-state index contributed by atoms with van der Waals surface area (Å²) in [5, 5.41) is 22.6. The Bertz CT molecular complexity index is 1450. The SMILES string of the molecule is CCc1cc(C2CC2)cc(N2CCN(C(=O)OC(C)(C)C)CC2)c1C#N.CCc1cc(C2CC2)cc(N2CCNCC2)c1C#N.Cl. The van der Waals surface area contributed by atoms with Crippen LogP contribution in [0.4, 0.5) is 16.2 Å². The Kier molecular flexibility index (Phi) is 11.9. The van der Waals surface area contributed by atoms with Gasteiger partial charge in [0.25, 0.3) is 0 Å². The van der Waals surface area contributed by atoms with Gasteiger partial charge in [-0.25, -0.2) is 4.79 Å². The summed E-state index contributed by atoms with van der Waals surface area (Å²) in [6, 6.07) is 13.8. The van der Waals surface area contributed by atoms with Crippen LogP contribution in [0.25, 0.3) is 0 Å². The van der Waals surface area contributed by atoms with Crippen molar-refractivity contribution in [1.82, 2.24) is 10.2 Å². The summed E-state index contributed by atoms with van der Waals surface area (Å²) in [7, 11) is 0. The molecule has 248 valence electrons. The molecule has 2 saturated heterocycles. The Balaban J connectivity index is 0.000000213. The number of ether oxygens (including phenoxy) is 1. The minimum atomic E-state index is -0.475. The van der Waals surface area contributed by atoms with Gasteiger partial charge in [-0.15, -0.1) is 12.4 Å². The zero-order valence-corrected chi connectivity index (χ0v) is 29.1. The number of carbonyl (C=O) groups excluding carboxylic acids is 1. The molecule has 0 radical (unpaired) electrons. The highest BCUT2D eigenvalue weighted by molar-refractivity contribution is 5.85. The second kappa shape index (κ2) is 15.4. The van der Waals surface area contributed by atoms with Crippen molar-refractivity contribution in [3.05, 3.63) is 57.6 Å². The summed E-state index contributed by atoms with van der Waals surface area (Å²) in [6.45, 7) is 16.6. The van der Waals surface area contributed by atoms with Gasteiger partial charge in [0.2, 0.25) is 0 Å². The molecule has 1 amide bonds. The Labute approximate surface area is 282 Å². The van der Waals surface area contributed by atoms with Gasteiger partial charge in [-0.2, -0.15) is 10.5 Å². The van der Waals surface area contributed by atoms with Crippen molar-refractivity contribution in [2.45, 2.75) is 90.6 Å². The summed E-state index contributed by atoms with van der Waals surface area (Å²) < 4.78 is 5.47. The van der Waals surface area contributed by atoms with Crippen LogP contribution in [-0.2, 0) is 17.6 Å². The molecule has 8 nitrogen and oxygen atoms in total. The van der Waals surface area contributed by atoms with E-state index in [-0.39, 0.29) is 18.5 Å². The quantitative estimate of drug-likeness (QED) is 0.365. The van der Waals surface area contributed by atoms with E-state index in [0.717, 1.165) is 80.4 Å². The van der Waals surface area contributed by atoms with Crippen molar-refractivity contribution in [2.24, 2.45) is 0 Å². The van der Waals surface area contributed by atoms with Gasteiger partial charge in [0.15, 0.2) is 0 Å². The third-order valence-corrected chi connectivity index (χ3v) is 9.26. The van der Waals surface area contributed by atoms with E-state index in [0.29, 0.717) is 19.0 Å². The first kappa shape index (κ1) is 35.4. The van der Waals surface area contributed by atoms with Crippen LogP contribution in [0.15, 0.2) is 24.3 Å². The zero-order valence-electron chi connectivity index (χ0n) is 28.3. The summed E-state index contributed by atoms with van der Waals surface area (Å²) in [4.78, 5) is 18.7. The van der Waals surface area contributed by atoms with Gasteiger partial charge < -0.3 is 24.8 Å². The van der Waals surface area contributed by atoms with E-state index in [9.17, 15) is 15.3 Å². The van der Waals surface area contributed by atoms with Crippen LogP contribution >= 0.6 is 12.4 Å². The normalized spacial score (nSPS) is 18.0. The minimum Gasteiger partial charge on any atom is -0.444 e. The lowest BCUT2D eigenvalue weighted by atomic mass is 9.97. The second-order valence-corrected chi connectivity index (χ2v) is 13.8. The molecule has 6 rings (SSSR count). The Hall–Kier alpha value is -3.46. The molecule has 0 spiro atoms. The maximum absolute atomic E-state index is 12.3. The number of nitriles is 2. The number of hydrogen-bond acceptors (Lipinski definition) is 7. The van der Waals surface area contributed by atoms with Crippen LogP contribution in [0.3, 0.4) is 0 Å². The number of aryl methyl sites for hydroxylation is 2. The molecule has 2 saturated carbocycles. The molecule has 2 aliphatic carbocycles. The van der Waals surface area contributed by atoms with Crippen LogP contribution in [0.1, 0.15) is 106 Å². The summed E-state index contributed by atoms with van der Waals surface area (Å²) >= 11 is 0. The molecule has 0 aromatic heterocycles. The molecule has 2 aromatic carbocycles. The highest BCUT2D eigenvalue weighted by Gasteiger charge is 2.30. The molecule has 4 fully saturated rings. The van der Waals surface area contributed by atoms with Crippen molar-refractivity contribution in [1.29, 1.82) is 10.5 Å². The number of rotatable bonds is 6. The summed E-state index contributed by atoms with van der Waals surface area (Å²) in [5.74, 6) is 1.41. The maximum Gasteiger partial charge on any atom is 0.410 e. The van der Waals surface area contributed by atoms with Gasteiger partial charge in [-0.05, 0) is 106 Å². The topological polar surface area (TPSA) is 95.6 Å². The molecule has 2 aliphatic heterocycles. The zero-order chi connectivity index (χ0) is 32.1. The molecule has 0 unspecified atom stereocenters. The van der Waals surface area contributed by atoms with Gasteiger partial charge >= 0.3 is 6.09 Å². The van der Waals surface area contributed by atoms with Crippen LogP contribution < -0.4 is 15.1 Å². The van der Waals surface area contributed by atoms with Crippen LogP contribution in [0, 0.1) is 22.7 Å². The average Bonchev–Trinajstić information content (AvgIpc) is 3.97. The molecule has 46 heavy (non-hydrogen) atoms. The smallest absolute Gasteiger partial charge is 0.410 e. The van der Waals surface area contributed by atoms with Crippen molar-refractivity contribution in [3.63, 3.8) is 0 Å². The van der Waals surface area contributed by atoms with Crippen molar-refractivity contribution in [3.8, 4) is 12.1 Å². The fourth-order valence-electron chi connectivity index (χ4n) is 6.40. The molecule has 4 aliphatic rings. The lowest BCUT2D eigenvalue weighted by molar-refractivity contribution is 0.0240. The van der Waals surface area contributed by atoms with E-state index in [1.54, 1.807) is 4.90 Å². The van der Waals surface area contributed by atoms with Gasteiger partial charge in [0, 0.05) is 52.4 Å². The number of amides is 1. The third kappa shape index (κ3) is 8.66. The highest BCUT2D eigenvalue weighted by atomic mass is 35.5. The first-order valence-electron chi connectivity index (χ1n) is 17.0. The van der Waals surface area contributed by atoms with Gasteiger partial charge in [-0.3, -0.25) is 0 Å². The number of halogens is 1. The first-order chi connectivity index (χ1) is 21.6. The molecule has 1 N–H and O–H groups in total. The van der Waals surface area contributed by atoms with Gasteiger partial charge in [0.05, 0.1) is 22.5 Å². The van der Waals surface area contributed by atoms with E-state index in [4.69, 9.17) is 4.74 Å². The molecule has 2 heterocycles. The number of benzene rings is 2. The number of piperazine rings is 2. The number of anilines is 2. The lowest BCUT2D eigenvalue weighted by Crippen LogP contribution is -2.50. The Morgan fingerprint density at radius 1 is 0.783 bits per heavy atom. The fraction of sp³-hybridized carbons (Fsp3) is 0.595. The van der Waals surface area contributed by atoms with Gasteiger partial charge in [-0.1, -0.05) is 26.0 Å². The highest BCUT2D eigenvalue weighted by Crippen LogP contribution is 2.44. The van der Waals surface area contributed by atoms with Crippen molar-refractivity contribution in [2.75, 3.05) is 62.2 Å². The number of nitrogens with zero attached hydrogens (tertiary/aromatic N) is 5. The predicted molar refractivity (Wildman–Crippen MR) is 187 cm³/mol. The summed E-state index contributed by atoms with van der Waals surface area (Å²) in [6.07, 6.45) is 6.70. The lowest BCUT2D eigenvalue weighted by Gasteiger charge is -2.37. The van der Waals surface area contributed by atoms with Crippen LogP contribution in [-0.4, -0.2) is 69.0 Å². The second-order valence-electron chi connectivity index (χ2n) is 13.8. The van der Waals surface area contributed by atoms with E-state index < -0.39 is 5.60 Å². The minimum absolute atomic E-state index is 0. The maximum atomic E-state index is 12.3. The van der Waals surface area contributed by atoms with Crippen LogP contribution in [0.2, 0.25) is 0 Å². The predicted octanol–water partition coefficient (Wildman–Crippen LogP) is 6.88. The Morgan fingerprint density at radius 3 is 1.59 bits per heavy atom. The number of nitrogens with one attached hydrogen (secondary N) is 1. The van der Waals surface area contributed by atoms with Crippen molar-refractivity contribution < 1.29 is 9.53 Å². The molecule has 2 aromatic rings. The molecule has 0 bridgehead atoms. The standard InChI is InChI=1S/C21H29N3O2.C16H21N3.ClH/c1-5-15-12-17(16-6-7-16)13-19(18(15)14-22)23-8-10-24(11-9-23)20(25)26-21(2,3)4;1-2-12-9-14(13-3-4-13)10-16(15(12)11-17)19-7-5-18-6-8-19;/h12-13,16H,5-11H2,1-4H3;9-10,13,18H,2-8H2,1H3;1H. The third-order valence-electron chi connectivity index (χ3n) is 9.26. The first-order valence-corrected chi connectivity index (χ1v) is 17.0. The number of carbonyl (C=O) groups is 1. The van der Waals surface area contributed by atoms with E-state index >= 15 is 0 Å². The van der Waals surface area contributed by atoms with Crippen molar-refractivity contribution >= 4 is 29.9 Å².